The summed E-state index contributed by atoms with van der Waals surface area (Å²) in [6, 6.07) is 11.4. The second-order valence-corrected chi connectivity index (χ2v) is 5.55. The van der Waals surface area contributed by atoms with E-state index in [1.54, 1.807) is 6.20 Å². The van der Waals surface area contributed by atoms with E-state index in [0.29, 0.717) is 13.2 Å². The van der Waals surface area contributed by atoms with Crippen molar-refractivity contribution in [3.63, 3.8) is 0 Å². The SMILES string of the molecule is NC(c1cncc(F)c1)C1(c2ccccc2)CCOCC1. The second-order valence-electron chi connectivity index (χ2n) is 5.55. The van der Waals surface area contributed by atoms with E-state index in [0.717, 1.165) is 18.4 Å². The smallest absolute Gasteiger partial charge is 0.141 e. The van der Waals surface area contributed by atoms with Crippen LogP contribution in [0.2, 0.25) is 0 Å². The average molecular weight is 286 g/mol. The Morgan fingerprint density at radius 1 is 1.14 bits per heavy atom. The van der Waals surface area contributed by atoms with E-state index in [4.69, 9.17) is 10.5 Å². The number of hydrogen-bond donors (Lipinski definition) is 1. The molecule has 1 fully saturated rings. The van der Waals surface area contributed by atoms with Crippen LogP contribution in [0.25, 0.3) is 0 Å². The number of pyridine rings is 1. The average Bonchev–Trinajstić information content (AvgIpc) is 2.55. The summed E-state index contributed by atoms with van der Waals surface area (Å²) in [7, 11) is 0. The topological polar surface area (TPSA) is 48.1 Å². The highest BCUT2D eigenvalue weighted by molar-refractivity contribution is 5.33. The molecule has 2 heterocycles. The van der Waals surface area contributed by atoms with Crippen molar-refractivity contribution in [2.75, 3.05) is 13.2 Å². The molecule has 1 aliphatic rings. The minimum absolute atomic E-state index is 0.227. The first-order valence-electron chi connectivity index (χ1n) is 7.22. The molecule has 110 valence electrons. The van der Waals surface area contributed by atoms with Gasteiger partial charge in [0.15, 0.2) is 0 Å². The molecular formula is C17H19FN2O. The number of rotatable bonds is 3. The molecule has 4 heteroatoms. The minimum Gasteiger partial charge on any atom is -0.381 e. The van der Waals surface area contributed by atoms with Crippen LogP contribution in [0.15, 0.2) is 48.8 Å². The van der Waals surface area contributed by atoms with E-state index in [1.807, 2.05) is 18.2 Å². The van der Waals surface area contributed by atoms with Crippen LogP contribution in [0.3, 0.4) is 0 Å². The zero-order chi connectivity index (χ0) is 14.7. The Balaban J connectivity index is 2.03. The molecule has 3 rings (SSSR count). The van der Waals surface area contributed by atoms with Crippen molar-refractivity contribution in [3.05, 3.63) is 65.7 Å². The van der Waals surface area contributed by atoms with Gasteiger partial charge in [0.25, 0.3) is 0 Å². The van der Waals surface area contributed by atoms with Gasteiger partial charge in [0, 0.05) is 30.9 Å². The van der Waals surface area contributed by atoms with Gasteiger partial charge in [0.05, 0.1) is 6.20 Å². The molecule has 2 aromatic rings. The Labute approximate surface area is 124 Å². The number of halogens is 1. The van der Waals surface area contributed by atoms with Gasteiger partial charge in [0.1, 0.15) is 5.82 Å². The molecule has 0 amide bonds. The van der Waals surface area contributed by atoms with E-state index < -0.39 is 0 Å². The first-order valence-corrected chi connectivity index (χ1v) is 7.22. The van der Waals surface area contributed by atoms with Gasteiger partial charge >= 0.3 is 0 Å². The maximum absolute atomic E-state index is 13.5. The molecule has 1 atom stereocenters. The highest BCUT2D eigenvalue weighted by atomic mass is 19.1. The lowest BCUT2D eigenvalue weighted by Gasteiger charge is -2.42. The normalized spacial score (nSPS) is 19.1. The maximum atomic E-state index is 13.5. The van der Waals surface area contributed by atoms with Crippen molar-refractivity contribution in [1.82, 2.24) is 4.98 Å². The summed E-state index contributed by atoms with van der Waals surface area (Å²) in [6.07, 6.45) is 4.52. The summed E-state index contributed by atoms with van der Waals surface area (Å²) in [5.74, 6) is -0.349. The zero-order valence-electron chi connectivity index (χ0n) is 11.8. The van der Waals surface area contributed by atoms with Crippen LogP contribution in [0, 0.1) is 5.82 Å². The van der Waals surface area contributed by atoms with Gasteiger partial charge in [0.2, 0.25) is 0 Å². The molecule has 1 unspecified atom stereocenters. The molecule has 0 bridgehead atoms. The Morgan fingerprint density at radius 3 is 2.52 bits per heavy atom. The molecule has 2 N–H and O–H groups in total. The van der Waals surface area contributed by atoms with Crippen molar-refractivity contribution >= 4 is 0 Å². The fourth-order valence-electron chi connectivity index (χ4n) is 3.20. The van der Waals surface area contributed by atoms with Crippen LogP contribution in [-0.2, 0) is 10.2 Å². The predicted molar refractivity (Wildman–Crippen MR) is 79.3 cm³/mol. The van der Waals surface area contributed by atoms with Gasteiger partial charge in [-0.15, -0.1) is 0 Å². The van der Waals surface area contributed by atoms with Crippen LogP contribution in [0.1, 0.15) is 30.0 Å². The molecule has 0 saturated carbocycles. The van der Waals surface area contributed by atoms with Gasteiger partial charge in [-0.3, -0.25) is 4.98 Å². The predicted octanol–water partition coefficient (Wildman–Crippen LogP) is 2.97. The van der Waals surface area contributed by atoms with Crippen LogP contribution in [0.5, 0.6) is 0 Å². The van der Waals surface area contributed by atoms with Crippen molar-refractivity contribution in [2.45, 2.75) is 24.3 Å². The lowest BCUT2D eigenvalue weighted by molar-refractivity contribution is 0.0397. The second kappa shape index (κ2) is 5.92. The molecule has 0 aliphatic carbocycles. The van der Waals surface area contributed by atoms with Crippen LogP contribution < -0.4 is 5.73 Å². The van der Waals surface area contributed by atoms with Gasteiger partial charge in [-0.05, 0) is 30.0 Å². The lowest BCUT2D eigenvalue weighted by Crippen LogP contribution is -2.43. The standard InChI is InChI=1S/C17H19FN2O/c18-15-10-13(11-20-12-15)16(19)17(6-8-21-9-7-17)14-4-2-1-3-5-14/h1-5,10-12,16H,6-9,19H2. The molecule has 21 heavy (non-hydrogen) atoms. The number of benzene rings is 1. The van der Waals surface area contributed by atoms with Crippen molar-refractivity contribution in [3.8, 4) is 0 Å². The van der Waals surface area contributed by atoms with Gasteiger partial charge in [-0.2, -0.15) is 0 Å². The monoisotopic (exact) mass is 286 g/mol. The molecule has 0 radical (unpaired) electrons. The number of aromatic nitrogens is 1. The Hall–Kier alpha value is -1.78. The summed E-state index contributed by atoms with van der Waals surface area (Å²) in [6.45, 7) is 1.34. The maximum Gasteiger partial charge on any atom is 0.141 e. The summed E-state index contributed by atoms with van der Waals surface area (Å²) >= 11 is 0. The summed E-state index contributed by atoms with van der Waals surface area (Å²) in [5.41, 5.74) is 8.24. The third kappa shape index (κ3) is 2.69. The summed E-state index contributed by atoms with van der Waals surface area (Å²) in [4.78, 5) is 3.94. The Bertz CT molecular complexity index is 597. The largest absolute Gasteiger partial charge is 0.381 e. The van der Waals surface area contributed by atoms with Crippen LogP contribution in [-0.4, -0.2) is 18.2 Å². The Morgan fingerprint density at radius 2 is 1.86 bits per heavy atom. The third-order valence-electron chi connectivity index (χ3n) is 4.41. The van der Waals surface area contributed by atoms with Crippen molar-refractivity contribution in [1.29, 1.82) is 0 Å². The van der Waals surface area contributed by atoms with E-state index in [-0.39, 0.29) is 17.3 Å². The molecule has 1 aliphatic heterocycles. The fraction of sp³-hybridized carbons (Fsp3) is 0.353. The van der Waals surface area contributed by atoms with Gasteiger partial charge in [-0.1, -0.05) is 30.3 Å². The first-order chi connectivity index (χ1) is 10.2. The van der Waals surface area contributed by atoms with Gasteiger partial charge < -0.3 is 10.5 Å². The van der Waals surface area contributed by atoms with Crippen molar-refractivity contribution in [2.24, 2.45) is 5.73 Å². The zero-order valence-corrected chi connectivity index (χ0v) is 11.8. The number of ether oxygens (including phenoxy) is 1. The highest BCUT2D eigenvalue weighted by Crippen LogP contribution is 2.43. The van der Waals surface area contributed by atoms with E-state index in [1.165, 1.54) is 17.8 Å². The van der Waals surface area contributed by atoms with Crippen LogP contribution >= 0.6 is 0 Å². The van der Waals surface area contributed by atoms with Gasteiger partial charge in [-0.25, -0.2) is 4.39 Å². The summed E-state index contributed by atoms with van der Waals surface area (Å²) < 4.78 is 19.0. The molecule has 1 saturated heterocycles. The third-order valence-corrected chi connectivity index (χ3v) is 4.41. The first kappa shape index (κ1) is 14.2. The lowest BCUT2D eigenvalue weighted by atomic mass is 9.67. The molecule has 1 aromatic heterocycles. The fourth-order valence-corrected chi connectivity index (χ4v) is 3.20. The van der Waals surface area contributed by atoms with Crippen molar-refractivity contribution < 1.29 is 9.13 Å². The molecule has 1 aromatic carbocycles. The Kier molecular flexibility index (Phi) is 3.99. The van der Waals surface area contributed by atoms with E-state index in [9.17, 15) is 4.39 Å². The molecule has 3 nitrogen and oxygen atoms in total. The number of hydrogen-bond acceptors (Lipinski definition) is 3. The van der Waals surface area contributed by atoms with E-state index >= 15 is 0 Å². The minimum atomic E-state index is -0.349. The number of nitrogens with zero attached hydrogens (tertiary/aromatic N) is 1. The van der Waals surface area contributed by atoms with Crippen LogP contribution in [0.4, 0.5) is 4.39 Å². The molecule has 0 spiro atoms. The quantitative estimate of drug-likeness (QED) is 0.943. The number of nitrogens with two attached hydrogens (primary N) is 1. The highest BCUT2D eigenvalue weighted by Gasteiger charge is 2.40. The summed E-state index contributed by atoms with van der Waals surface area (Å²) in [5, 5.41) is 0. The van der Waals surface area contributed by atoms with E-state index in [2.05, 4.69) is 17.1 Å². The molecular weight excluding hydrogens is 267 g/mol.